The van der Waals surface area contributed by atoms with Gasteiger partial charge in [-0.1, -0.05) is 63.3 Å². The van der Waals surface area contributed by atoms with Gasteiger partial charge in [0.05, 0.1) is 0 Å². The van der Waals surface area contributed by atoms with E-state index >= 15 is 0 Å². The molecule has 0 saturated carbocycles. The van der Waals surface area contributed by atoms with Crippen LogP contribution in [0.3, 0.4) is 0 Å². The summed E-state index contributed by atoms with van der Waals surface area (Å²) in [5.74, 6) is -1.12. The molecule has 1 amide bonds. The molecule has 0 bridgehead atoms. The number of carboxylic acids is 1. The molecular weight excluding hydrogens is 364 g/mol. The fourth-order valence-corrected chi connectivity index (χ4v) is 3.11. The number of amides is 1. The van der Waals surface area contributed by atoms with Gasteiger partial charge in [0.2, 0.25) is 5.91 Å². The van der Waals surface area contributed by atoms with Crippen molar-refractivity contribution in [3.8, 4) is 0 Å². The van der Waals surface area contributed by atoms with Crippen LogP contribution in [-0.4, -0.2) is 29.6 Å². The maximum absolute atomic E-state index is 11.9. The van der Waals surface area contributed by atoms with Gasteiger partial charge in [-0.3, -0.25) is 4.79 Å². The Morgan fingerprint density at radius 1 is 0.862 bits per heavy atom. The van der Waals surface area contributed by atoms with Gasteiger partial charge in [-0.25, -0.2) is 4.79 Å². The normalized spacial score (nSPS) is 12.6. The Bertz CT molecular complexity index is 461. The molecular formula is C24H44N2O3. The number of carbonyl (C=O) groups is 2. The Labute approximate surface area is 178 Å². The maximum Gasteiger partial charge on any atom is 0.326 e. The van der Waals surface area contributed by atoms with E-state index in [9.17, 15) is 14.7 Å². The molecule has 0 aliphatic carbocycles. The second-order valence-corrected chi connectivity index (χ2v) is 7.72. The highest BCUT2D eigenvalue weighted by atomic mass is 16.4. The lowest BCUT2D eigenvalue weighted by Gasteiger charge is -2.14. The molecule has 168 valence electrons. The Morgan fingerprint density at radius 3 is 2.10 bits per heavy atom. The lowest BCUT2D eigenvalue weighted by atomic mass is 10.1. The molecule has 4 N–H and O–H groups in total. The van der Waals surface area contributed by atoms with E-state index in [1.165, 1.54) is 38.5 Å². The molecule has 0 aromatic heterocycles. The number of nitrogens with two attached hydrogens (primary N) is 1. The van der Waals surface area contributed by atoms with Crippen molar-refractivity contribution >= 4 is 11.9 Å². The summed E-state index contributed by atoms with van der Waals surface area (Å²) in [6, 6.07) is -0.785. The lowest BCUT2D eigenvalue weighted by Crippen LogP contribution is -2.40. The van der Waals surface area contributed by atoms with E-state index in [4.69, 9.17) is 5.73 Å². The van der Waals surface area contributed by atoms with Crippen molar-refractivity contribution in [2.75, 3.05) is 6.54 Å². The third-order valence-electron chi connectivity index (χ3n) is 4.93. The Balaban J connectivity index is 3.58. The fraction of sp³-hybridized carbons (Fsp3) is 0.750. The van der Waals surface area contributed by atoms with Gasteiger partial charge in [-0.05, 0) is 64.3 Å². The average Bonchev–Trinajstić information content (AvgIpc) is 2.70. The number of allylic oxidation sites excluding steroid dienone is 4. The van der Waals surface area contributed by atoms with E-state index in [0.29, 0.717) is 19.4 Å². The quantitative estimate of drug-likeness (QED) is 0.183. The number of rotatable bonds is 20. The predicted octanol–water partition coefficient (Wildman–Crippen LogP) is 5.50. The lowest BCUT2D eigenvalue weighted by molar-refractivity contribution is -0.142. The number of aliphatic carboxylic acids is 1. The molecule has 0 aliphatic heterocycles. The van der Waals surface area contributed by atoms with Crippen molar-refractivity contribution in [3.05, 3.63) is 24.3 Å². The van der Waals surface area contributed by atoms with Crippen molar-refractivity contribution in [1.29, 1.82) is 0 Å². The minimum Gasteiger partial charge on any atom is -0.480 e. The summed E-state index contributed by atoms with van der Waals surface area (Å²) < 4.78 is 0. The summed E-state index contributed by atoms with van der Waals surface area (Å²) in [4.78, 5) is 23.1. The topological polar surface area (TPSA) is 92.4 Å². The van der Waals surface area contributed by atoms with Crippen LogP contribution in [0.4, 0.5) is 0 Å². The first kappa shape index (κ1) is 27.4. The number of nitrogens with one attached hydrogen (secondary N) is 1. The van der Waals surface area contributed by atoms with Gasteiger partial charge in [0.25, 0.3) is 0 Å². The average molecular weight is 409 g/mol. The third kappa shape index (κ3) is 19.5. The van der Waals surface area contributed by atoms with Gasteiger partial charge >= 0.3 is 5.97 Å². The molecule has 0 spiro atoms. The molecule has 1 unspecified atom stereocenters. The van der Waals surface area contributed by atoms with Crippen molar-refractivity contribution in [2.45, 2.75) is 109 Å². The van der Waals surface area contributed by atoms with Crippen LogP contribution in [0.1, 0.15) is 103 Å². The number of hydrogen-bond acceptors (Lipinski definition) is 3. The maximum atomic E-state index is 11.9. The molecule has 0 heterocycles. The van der Waals surface area contributed by atoms with Crippen LogP contribution in [-0.2, 0) is 9.59 Å². The summed E-state index contributed by atoms with van der Waals surface area (Å²) in [7, 11) is 0. The second kappa shape index (κ2) is 21.1. The first-order chi connectivity index (χ1) is 14.1. The van der Waals surface area contributed by atoms with Crippen LogP contribution < -0.4 is 11.1 Å². The molecule has 0 aliphatic rings. The molecule has 1 atom stereocenters. The van der Waals surface area contributed by atoms with Crippen molar-refractivity contribution in [3.63, 3.8) is 0 Å². The number of hydrogen-bond donors (Lipinski definition) is 3. The number of carboxylic acid groups (broad SMARTS) is 1. The second-order valence-electron chi connectivity index (χ2n) is 7.72. The van der Waals surface area contributed by atoms with E-state index in [1.807, 2.05) is 0 Å². The zero-order valence-electron chi connectivity index (χ0n) is 18.5. The number of unbranched alkanes of at least 4 members (excludes halogenated alkanes) is 9. The van der Waals surface area contributed by atoms with Crippen LogP contribution in [0.2, 0.25) is 0 Å². The van der Waals surface area contributed by atoms with Crippen LogP contribution in [0.15, 0.2) is 24.3 Å². The standard InChI is InChI=1S/C24H44N2O3/c1-2-3-4-5-6-7-8-9-10-11-12-13-14-15-16-20-23(27)26-22(24(28)29)19-17-18-21-25/h6-7,9-10,22H,2-5,8,11-21,25H2,1H3,(H,26,27)(H,28,29)/b7-6-,10-9-. The minimum atomic E-state index is -0.963. The monoisotopic (exact) mass is 408 g/mol. The van der Waals surface area contributed by atoms with Gasteiger partial charge in [-0.15, -0.1) is 0 Å². The first-order valence-electron chi connectivity index (χ1n) is 11.6. The largest absolute Gasteiger partial charge is 0.480 e. The van der Waals surface area contributed by atoms with E-state index in [0.717, 1.165) is 44.9 Å². The molecule has 5 heteroatoms. The van der Waals surface area contributed by atoms with Gasteiger partial charge in [0.15, 0.2) is 0 Å². The highest BCUT2D eigenvalue weighted by Gasteiger charge is 2.18. The van der Waals surface area contributed by atoms with Crippen molar-refractivity contribution in [1.82, 2.24) is 5.32 Å². The molecule has 0 rings (SSSR count). The zero-order chi connectivity index (χ0) is 21.6. The van der Waals surface area contributed by atoms with Gasteiger partial charge in [0.1, 0.15) is 6.04 Å². The zero-order valence-corrected chi connectivity index (χ0v) is 18.5. The highest BCUT2D eigenvalue weighted by molar-refractivity contribution is 5.83. The van der Waals surface area contributed by atoms with Crippen LogP contribution >= 0.6 is 0 Å². The summed E-state index contributed by atoms with van der Waals surface area (Å²) in [6.45, 7) is 2.78. The van der Waals surface area contributed by atoms with Gasteiger partial charge in [-0.2, -0.15) is 0 Å². The molecule has 0 radical (unpaired) electrons. The SMILES string of the molecule is CCCCC/C=C\C/C=C\CCCCCCCC(=O)NC(CCCCN)C(=O)O. The Hall–Kier alpha value is -1.62. The number of carbonyl (C=O) groups excluding carboxylic acids is 1. The molecule has 0 aromatic rings. The smallest absolute Gasteiger partial charge is 0.326 e. The summed E-state index contributed by atoms with van der Waals surface area (Å²) in [6.07, 6.45) is 24.0. The fourth-order valence-electron chi connectivity index (χ4n) is 3.11. The summed E-state index contributed by atoms with van der Waals surface area (Å²) in [5.41, 5.74) is 5.42. The molecule has 0 saturated heterocycles. The van der Waals surface area contributed by atoms with Crippen molar-refractivity contribution < 1.29 is 14.7 Å². The van der Waals surface area contributed by atoms with Crippen LogP contribution in [0, 0.1) is 0 Å². The minimum absolute atomic E-state index is 0.157. The molecule has 5 nitrogen and oxygen atoms in total. The molecule has 0 aromatic carbocycles. The first-order valence-corrected chi connectivity index (χ1v) is 11.6. The third-order valence-corrected chi connectivity index (χ3v) is 4.93. The summed E-state index contributed by atoms with van der Waals surface area (Å²) >= 11 is 0. The van der Waals surface area contributed by atoms with E-state index in [-0.39, 0.29) is 5.91 Å². The molecule has 29 heavy (non-hydrogen) atoms. The predicted molar refractivity (Wildman–Crippen MR) is 122 cm³/mol. The molecule has 0 fully saturated rings. The van der Waals surface area contributed by atoms with Crippen LogP contribution in [0.5, 0.6) is 0 Å². The highest BCUT2D eigenvalue weighted by Crippen LogP contribution is 2.09. The Kier molecular flexibility index (Phi) is 19.9. The van der Waals surface area contributed by atoms with Gasteiger partial charge < -0.3 is 16.2 Å². The van der Waals surface area contributed by atoms with E-state index in [2.05, 4.69) is 36.5 Å². The summed E-state index contributed by atoms with van der Waals surface area (Å²) in [5, 5.41) is 11.8. The van der Waals surface area contributed by atoms with E-state index < -0.39 is 12.0 Å². The van der Waals surface area contributed by atoms with E-state index in [1.54, 1.807) is 0 Å². The van der Waals surface area contributed by atoms with Gasteiger partial charge in [0, 0.05) is 6.42 Å². The van der Waals surface area contributed by atoms with Crippen molar-refractivity contribution in [2.24, 2.45) is 5.73 Å². The Morgan fingerprint density at radius 2 is 1.48 bits per heavy atom. The van der Waals surface area contributed by atoms with Crippen LogP contribution in [0.25, 0.3) is 0 Å².